The molecule has 3 aliphatic heterocycles. The summed E-state index contributed by atoms with van der Waals surface area (Å²) in [6.45, 7) is 14.8. The summed E-state index contributed by atoms with van der Waals surface area (Å²) in [5.74, 6) is 0.821. The topological polar surface area (TPSA) is 78.6 Å². The van der Waals surface area contributed by atoms with Gasteiger partial charge in [-0.1, -0.05) is 41.9 Å². The molecule has 10 nitrogen and oxygen atoms in total. The Morgan fingerprint density at radius 1 is 1.02 bits per heavy atom. The van der Waals surface area contributed by atoms with E-state index in [2.05, 4.69) is 43.8 Å². The van der Waals surface area contributed by atoms with Crippen LogP contribution in [0.5, 0.6) is 6.01 Å². The summed E-state index contributed by atoms with van der Waals surface area (Å²) in [6.07, 6.45) is 9.45. The van der Waals surface area contributed by atoms with Gasteiger partial charge >= 0.3 is 6.01 Å². The van der Waals surface area contributed by atoms with Crippen molar-refractivity contribution in [3.63, 3.8) is 0 Å². The first-order valence-corrected chi connectivity index (χ1v) is 17.3. The molecule has 1 aromatic heterocycles. The maximum Gasteiger partial charge on any atom is 0.318 e. The lowest BCUT2D eigenvalue weighted by molar-refractivity contribution is -0.128. The minimum absolute atomic E-state index is 0.0220. The zero-order valence-electron chi connectivity index (χ0n) is 26.8. The van der Waals surface area contributed by atoms with E-state index >= 15 is 0 Å². The van der Waals surface area contributed by atoms with Crippen molar-refractivity contribution >= 4 is 39.8 Å². The van der Waals surface area contributed by atoms with Crippen molar-refractivity contribution in [3.8, 4) is 6.01 Å². The highest BCUT2D eigenvalue weighted by molar-refractivity contribution is 6.36. The van der Waals surface area contributed by atoms with Gasteiger partial charge in [0.15, 0.2) is 0 Å². The smallest absolute Gasteiger partial charge is 0.318 e. The van der Waals surface area contributed by atoms with Gasteiger partial charge in [-0.05, 0) is 62.7 Å². The van der Waals surface area contributed by atoms with Gasteiger partial charge in [-0.25, -0.2) is 6.57 Å². The van der Waals surface area contributed by atoms with Crippen LogP contribution in [0.15, 0.2) is 48.6 Å². The van der Waals surface area contributed by atoms with E-state index < -0.39 is 0 Å². The van der Waals surface area contributed by atoms with Crippen LogP contribution in [0.3, 0.4) is 0 Å². The molecule has 0 radical (unpaired) electrons. The van der Waals surface area contributed by atoms with Crippen LogP contribution in [0.1, 0.15) is 36.9 Å². The maximum absolute atomic E-state index is 13.3. The summed E-state index contributed by atoms with van der Waals surface area (Å²) in [6, 6.07) is 12.4. The number of rotatable bonds is 11. The average Bonchev–Trinajstić information content (AvgIpc) is 3.77. The third kappa shape index (κ3) is 7.33. The first-order chi connectivity index (χ1) is 23.1. The third-order valence-corrected chi connectivity index (χ3v) is 9.89. The number of likely N-dealkylation sites (tertiary alicyclic amines) is 1. The van der Waals surface area contributed by atoms with Crippen molar-refractivity contribution in [2.24, 2.45) is 0 Å². The first kappa shape index (κ1) is 31.7. The molecule has 1 aliphatic carbocycles. The molecular weight excluding hydrogens is 614 g/mol. The van der Waals surface area contributed by atoms with E-state index in [1.807, 2.05) is 23.1 Å². The minimum atomic E-state index is -0.231. The fourth-order valence-electron chi connectivity index (χ4n) is 7.01. The number of hydrogen-bond acceptors (Lipinski definition) is 8. The molecule has 0 N–H and O–H groups in total. The van der Waals surface area contributed by atoms with Gasteiger partial charge in [0.2, 0.25) is 12.5 Å². The van der Waals surface area contributed by atoms with E-state index in [4.69, 9.17) is 37.6 Å². The summed E-state index contributed by atoms with van der Waals surface area (Å²) >= 11 is 6.72. The fraction of sp³-hybridized carbons (Fsp3) is 0.500. The number of amides is 1. The summed E-state index contributed by atoms with van der Waals surface area (Å²) < 4.78 is 11.9. The summed E-state index contributed by atoms with van der Waals surface area (Å²) in [4.78, 5) is 35.7. The molecule has 2 aromatic carbocycles. The molecule has 1 saturated carbocycles. The second-order valence-electron chi connectivity index (χ2n) is 12.8. The Labute approximate surface area is 281 Å². The van der Waals surface area contributed by atoms with Gasteiger partial charge in [-0.3, -0.25) is 9.69 Å². The second-order valence-corrected chi connectivity index (χ2v) is 13.2. The van der Waals surface area contributed by atoms with Crippen LogP contribution in [0, 0.1) is 6.57 Å². The Bertz CT molecular complexity index is 1660. The molecule has 3 aromatic rings. The molecular formula is C36H42ClN7O3. The number of nitrogens with zero attached hydrogens (tertiary/aromatic N) is 7. The van der Waals surface area contributed by atoms with Crippen molar-refractivity contribution in [2.45, 2.75) is 50.8 Å². The highest BCUT2D eigenvalue weighted by Crippen LogP contribution is 2.37. The number of fused-ring (bicyclic) bond motifs is 2. The van der Waals surface area contributed by atoms with E-state index in [-0.39, 0.29) is 18.5 Å². The van der Waals surface area contributed by atoms with Gasteiger partial charge in [0, 0.05) is 55.4 Å². The molecule has 0 spiro atoms. The Balaban J connectivity index is 1.13. The molecule has 4 heterocycles. The number of ether oxygens (including phenoxy) is 2. The number of carbonyl (C=O) groups is 1. The monoisotopic (exact) mass is 655 g/mol. The van der Waals surface area contributed by atoms with Crippen LogP contribution in [0.4, 0.5) is 11.5 Å². The van der Waals surface area contributed by atoms with Crippen molar-refractivity contribution in [2.75, 3.05) is 75.4 Å². The molecule has 0 unspecified atom stereocenters. The predicted molar refractivity (Wildman–Crippen MR) is 184 cm³/mol. The fourth-order valence-corrected chi connectivity index (χ4v) is 7.28. The van der Waals surface area contributed by atoms with Gasteiger partial charge in [0.25, 0.3) is 0 Å². The number of aromatic nitrogens is 2. The molecule has 1 amide bonds. The molecule has 246 valence electrons. The maximum atomic E-state index is 13.3. The molecule has 7 rings (SSSR count). The summed E-state index contributed by atoms with van der Waals surface area (Å²) in [5, 5.41) is 2.88. The number of piperazine rings is 1. The molecule has 1 atom stereocenters. The molecule has 11 heteroatoms. The molecule has 47 heavy (non-hydrogen) atoms. The average molecular weight is 656 g/mol. The lowest BCUT2D eigenvalue weighted by Gasteiger charge is -2.41. The number of hydrogen-bond donors (Lipinski definition) is 0. The lowest BCUT2D eigenvalue weighted by Crippen LogP contribution is -2.56. The zero-order valence-corrected chi connectivity index (χ0v) is 27.6. The van der Waals surface area contributed by atoms with E-state index in [0.29, 0.717) is 51.5 Å². The normalized spacial score (nSPS) is 20.2. The summed E-state index contributed by atoms with van der Waals surface area (Å²) in [5.41, 5.74) is 3.11. The molecule has 4 aliphatic rings. The first-order valence-electron chi connectivity index (χ1n) is 16.9. The molecule has 2 saturated heterocycles. The van der Waals surface area contributed by atoms with Gasteiger partial charge in [0.1, 0.15) is 18.5 Å². The minimum Gasteiger partial charge on any atom is -0.461 e. The van der Waals surface area contributed by atoms with E-state index in [9.17, 15) is 4.79 Å². The highest BCUT2D eigenvalue weighted by Gasteiger charge is 2.35. The Morgan fingerprint density at radius 3 is 2.66 bits per heavy atom. The standard InChI is InChI=1S/C36H42ClN7O3/c1-38-23-27-24-43(19-20-44(27)33(45)11-6-17-41-15-2-3-16-41)35-29-14-18-42(32-10-5-8-26-7-4-9-30(37)34(26)32)25-31(29)39-36(40-35)47-22-21-46-28-12-13-28/h4-11,27-28H,2-3,12-25H2/b11-6+/t27-/m0/s1. The SMILES string of the molecule is [C-]#[N+]C[C@H]1CN(c2nc(OCCOC3CC3)nc3c2CCN(c2cccc4cccc(Cl)c24)C3)CCN1C(=O)/C=C/CN1CCCC1. The Morgan fingerprint density at radius 2 is 1.85 bits per heavy atom. The van der Waals surface area contributed by atoms with Crippen LogP contribution >= 0.6 is 11.6 Å². The Hall–Kier alpha value is -3.91. The number of halogens is 1. The van der Waals surface area contributed by atoms with Crippen molar-refractivity contribution < 1.29 is 14.3 Å². The molecule has 0 bridgehead atoms. The van der Waals surface area contributed by atoms with Crippen LogP contribution in [0.2, 0.25) is 5.02 Å². The van der Waals surface area contributed by atoms with E-state index in [1.165, 1.54) is 12.8 Å². The zero-order chi connectivity index (χ0) is 32.2. The van der Waals surface area contributed by atoms with Gasteiger partial charge < -0.3 is 29.0 Å². The second kappa shape index (κ2) is 14.5. The Kier molecular flexibility index (Phi) is 9.75. The number of carbonyl (C=O) groups excluding carboxylic acids is 1. The van der Waals surface area contributed by atoms with E-state index in [0.717, 1.165) is 84.0 Å². The van der Waals surface area contributed by atoms with Crippen molar-refractivity contribution in [1.29, 1.82) is 0 Å². The number of benzene rings is 2. The van der Waals surface area contributed by atoms with Crippen LogP contribution in [-0.4, -0.2) is 103 Å². The van der Waals surface area contributed by atoms with Crippen LogP contribution in [0.25, 0.3) is 15.6 Å². The number of anilines is 2. The van der Waals surface area contributed by atoms with E-state index in [1.54, 1.807) is 6.08 Å². The van der Waals surface area contributed by atoms with Crippen molar-refractivity contribution in [3.05, 3.63) is 76.2 Å². The quantitative estimate of drug-likeness (QED) is 0.162. The third-order valence-electron chi connectivity index (χ3n) is 9.58. The van der Waals surface area contributed by atoms with Gasteiger partial charge in [0.05, 0.1) is 30.0 Å². The van der Waals surface area contributed by atoms with Crippen LogP contribution in [-0.2, 0) is 22.5 Å². The van der Waals surface area contributed by atoms with Crippen LogP contribution < -0.4 is 14.5 Å². The van der Waals surface area contributed by atoms with Crippen molar-refractivity contribution in [1.82, 2.24) is 19.8 Å². The predicted octanol–water partition coefficient (Wildman–Crippen LogP) is 4.99. The summed E-state index contributed by atoms with van der Waals surface area (Å²) in [7, 11) is 0. The van der Waals surface area contributed by atoms with Gasteiger partial charge in [-0.2, -0.15) is 9.97 Å². The largest absolute Gasteiger partial charge is 0.461 e. The van der Waals surface area contributed by atoms with Gasteiger partial charge in [-0.15, -0.1) is 0 Å². The highest BCUT2D eigenvalue weighted by atomic mass is 35.5. The molecule has 3 fully saturated rings. The lowest BCUT2D eigenvalue weighted by atomic mass is 10.0.